The van der Waals surface area contributed by atoms with E-state index in [0.717, 1.165) is 16.3 Å². The van der Waals surface area contributed by atoms with Crippen molar-refractivity contribution in [2.75, 3.05) is 11.1 Å². The minimum Gasteiger partial charge on any atom is -0.301 e. The SMILES string of the molecule is C=CCn1c(SCC(=O)Nc2ncc(C)s2)nnc1-c1ccncc1. The molecule has 0 spiro atoms. The molecule has 7 nitrogen and oxygen atoms in total. The third-order valence-electron chi connectivity index (χ3n) is 3.17. The lowest BCUT2D eigenvalue weighted by Gasteiger charge is -2.07. The van der Waals surface area contributed by atoms with Gasteiger partial charge >= 0.3 is 0 Å². The lowest BCUT2D eigenvalue weighted by Crippen LogP contribution is -2.14. The van der Waals surface area contributed by atoms with Gasteiger partial charge in [-0.3, -0.25) is 14.3 Å². The van der Waals surface area contributed by atoms with Crippen molar-refractivity contribution in [2.24, 2.45) is 0 Å². The van der Waals surface area contributed by atoms with Crippen LogP contribution in [0.1, 0.15) is 4.88 Å². The van der Waals surface area contributed by atoms with Gasteiger partial charge in [-0.15, -0.1) is 28.1 Å². The summed E-state index contributed by atoms with van der Waals surface area (Å²) >= 11 is 2.77. The number of hydrogen-bond donors (Lipinski definition) is 1. The quantitative estimate of drug-likeness (QED) is 0.507. The summed E-state index contributed by atoms with van der Waals surface area (Å²) < 4.78 is 1.92. The molecule has 1 amide bonds. The number of pyridine rings is 1. The number of amides is 1. The normalized spacial score (nSPS) is 10.6. The number of anilines is 1. The average molecular weight is 372 g/mol. The number of hydrogen-bond acceptors (Lipinski definition) is 7. The minimum absolute atomic E-state index is 0.127. The van der Waals surface area contributed by atoms with Crippen molar-refractivity contribution < 1.29 is 4.79 Å². The standard InChI is InChI=1S/C16H16N6OS2/c1-3-8-22-14(12-4-6-17-7-5-12)20-21-16(22)24-10-13(23)19-15-18-9-11(2)25-15/h3-7,9H,1,8,10H2,2H3,(H,18,19,23). The van der Waals surface area contributed by atoms with Crippen molar-refractivity contribution in [1.82, 2.24) is 24.7 Å². The Bertz CT molecular complexity index is 874. The van der Waals surface area contributed by atoms with Crippen molar-refractivity contribution in [1.29, 1.82) is 0 Å². The van der Waals surface area contributed by atoms with E-state index in [1.54, 1.807) is 24.7 Å². The molecule has 0 aliphatic rings. The van der Waals surface area contributed by atoms with Crippen molar-refractivity contribution >= 4 is 34.1 Å². The summed E-state index contributed by atoms with van der Waals surface area (Å²) in [6.45, 7) is 6.28. The number of rotatable bonds is 7. The summed E-state index contributed by atoms with van der Waals surface area (Å²) in [5.74, 6) is 0.822. The van der Waals surface area contributed by atoms with Crippen LogP contribution in [0.3, 0.4) is 0 Å². The van der Waals surface area contributed by atoms with E-state index in [-0.39, 0.29) is 11.7 Å². The predicted molar refractivity (Wildman–Crippen MR) is 99.7 cm³/mol. The van der Waals surface area contributed by atoms with Crippen LogP contribution in [0.25, 0.3) is 11.4 Å². The summed E-state index contributed by atoms with van der Waals surface area (Å²) in [4.78, 5) is 21.3. The van der Waals surface area contributed by atoms with E-state index in [2.05, 4.69) is 32.1 Å². The van der Waals surface area contributed by atoms with Crippen LogP contribution >= 0.6 is 23.1 Å². The Morgan fingerprint density at radius 3 is 2.88 bits per heavy atom. The van der Waals surface area contributed by atoms with E-state index < -0.39 is 0 Å². The summed E-state index contributed by atoms with van der Waals surface area (Å²) in [6, 6.07) is 3.74. The van der Waals surface area contributed by atoms with E-state index in [4.69, 9.17) is 0 Å². The van der Waals surface area contributed by atoms with Crippen LogP contribution in [0.2, 0.25) is 0 Å². The monoisotopic (exact) mass is 372 g/mol. The molecule has 0 aliphatic carbocycles. The van der Waals surface area contributed by atoms with Crippen LogP contribution < -0.4 is 5.32 Å². The van der Waals surface area contributed by atoms with Crippen LogP contribution in [-0.4, -0.2) is 36.4 Å². The van der Waals surface area contributed by atoms with Crippen molar-refractivity contribution in [3.8, 4) is 11.4 Å². The number of aromatic nitrogens is 5. The highest BCUT2D eigenvalue weighted by Crippen LogP contribution is 2.24. The molecule has 3 aromatic rings. The van der Waals surface area contributed by atoms with Gasteiger partial charge in [0.15, 0.2) is 16.1 Å². The van der Waals surface area contributed by atoms with Crippen molar-refractivity contribution in [3.05, 3.63) is 48.3 Å². The molecule has 0 saturated heterocycles. The zero-order chi connectivity index (χ0) is 17.6. The molecule has 0 aromatic carbocycles. The largest absolute Gasteiger partial charge is 0.301 e. The second-order valence-corrected chi connectivity index (χ2v) is 7.23. The molecule has 0 unspecified atom stereocenters. The predicted octanol–water partition coefficient (Wildman–Crippen LogP) is 3.02. The van der Waals surface area contributed by atoms with Crippen LogP contribution in [0.5, 0.6) is 0 Å². The van der Waals surface area contributed by atoms with Gasteiger partial charge in [-0.1, -0.05) is 17.8 Å². The van der Waals surface area contributed by atoms with Crippen molar-refractivity contribution in [3.63, 3.8) is 0 Å². The van der Waals surface area contributed by atoms with E-state index in [1.165, 1.54) is 23.1 Å². The molecular weight excluding hydrogens is 356 g/mol. The lowest BCUT2D eigenvalue weighted by molar-refractivity contribution is -0.113. The molecule has 3 aromatic heterocycles. The van der Waals surface area contributed by atoms with Gasteiger partial charge in [0.25, 0.3) is 0 Å². The number of aryl methyl sites for hydroxylation is 1. The number of nitrogens with one attached hydrogen (secondary N) is 1. The van der Waals surface area contributed by atoms with E-state index in [9.17, 15) is 4.79 Å². The minimum atomic E-state index is -0.127. The smallest absolute Gasteiger partial charge is 0.236 e. The van der Waals surface area contributed by atoms with Crippen LogP contribution in [0.4, 0.5) is 5.13 Å². The number of carbonyl (C=O) groups is 1. The fourth-order valence-electron chi connectivity index (χ4n) is 2.10. The molecule has 3 rings (SSSR count). The van der Waals surface area contributed by atoms with Gasteiger partial charge in [0.2, 0.25) is 5.91 Å². The fourth-order valence-corrected chi connectivity index (χ4v) is 3.53. The zero-order valence-electron chi connectivity index (χ0n) is 13.5. The van der Waals surface area contributed by atoms with Gasteiger partial charge in [-0.2, -0.15) is 0 Å². The van der Waals surface area contributed by atoms with Crippen molar-refractivity contribution in [2.45, 2.75) is 18.6 Å². The number of thioether (sulfide) groups is 1. The maximum atomic E-state index is 12.1. The third kappa shape index (κ3) is 4.31. The Kier molecular flexibility index (Phi) is 5.56. The van der Waals surface area contributed by atoms with E-state index in [0.29, 0.717) is 16.8 Å². The highest BCUT2D eigenvalue weighted by Gasteiger charge is 2.15. The van der Waals surface area contributed by atoms with Gasteiger partial charge in [0.1, 0.15) is 0 Å². The molecule has 25 heavy (non-hydrogen) atoms. The average Bonchev–Trinajstić information content (AvgIpc) is 3.20. The third-order valence-corrected chi connectivity index (χ3v) is 4.96. The second-order valence-electron chi connectivity index (χ2n) is 5.05. The Hall–Kier alpha value is -2.52. The van der Waals surface area contributed by atoms with Gasteiger partial charge in [-0.25, -0.2) is 4.98 Å². The summed E-state index contributed by atoms with van der Waals surface area (Å²) in [7, 11) is 0. The van der Waals surface area contributed by atoms with Crippen LogP contribution in [0.15, 0.2) is 48.5 Å². The highest BCUT2D eigenvalue weighted by molar-refractivity contribution is 7.99. The lowest BCUT2D eigenvalue weighted by atomic mass is 10.2. The first-order chi connectivity index (χ1) is 12.2. The maximum absolute atomic E-state index is 12.1. The molecule has 0 aliphatic heterocycles. The van der Waals surface area contributed by atoms with Gasteiger partial charge in [-0.05, 0) is 19.1 Å². The van der Waals surface area contributed by atoms with Crippen LogP contribution in [-0.2, 0) is 11.3 Å². The summed E-state index contributed by atoms with van der Waals surface area (Å²) in [5.41, 5.74) is 0.916. The first-order valence-corrected chi connectivity index (χ1v) is 9.27. The maximum Gasteiger partial charge on any atom is 0.236 e. The topological polar surface area (TPSA) is 85.6 Å². The molecule has 3 heterocycles. The molecule has 0 radical (unpaired) electrons. The van der Waals surface area contributed by atoms with Gasteiger partial charge in [0, 0.05) is 35.6 Å². The molecule has 128 valence electrons. The number of allylic oxidation sites excluding steroid dienone is 1. The van der Waals surface area contributed by atoms with E-state index >= 15 is 0 Å². The first kappa shape index (κ1) is 17.3. The Labute approximate surface area is 153 Å². The molecule has 1 N–H and O–H groups in total. The zero-order valence-corrected chi connectivity index (χ0v) is 15.2. The molecule has 0 bridgehead atoms. The highest BCUT2D eigenvalue weighted by atomic mass is 32.2. The number of carbonyl (C=O) groups excluding carboxylic acids is 1. The van der Waals surface area contributed by atoms with Crippen LogP contribution in [0, 0.1) is 6.92 Å². The Balaban J connectivity index is 1.70. The first-order valence-electron chi connectivity index (χ1n) is 7.47. The number of thiazole rings is 1. The second kappa shape index (κ2) is 8.04. The molecule has 9 heteroatoms. The molecule has 0 atom stereocenters. The number of nitrogens with zero attached hydrogens (tertiary/aromatic N) is 5. The Morgan fingerprint density at radius 2 is 2.20 bits per heavy atom. The molecule has 0 fully saturated rings. The Morgan fingerprint density at radius 1 is 1.40 bits per heavy atom. The van der Waals surface area contributed by atoms with Gasteiger partial charge in [0.05, 0.1) is 5.75 Å². The molecular formula is C16H16N6OS2. The summed E-state index contributed by atoms with van der Waals surface area (Å²) in [5, 5.41) is 12.5. The summed E-state index contributed by atoms with van der Waals surface area (Å²) in [6.07, 6.45) is 6.92. The molecule has 0 saturated carbocycles. The fraction of sp³-hybridized carbons (Fsp3) is 0.188. The van der Waals surface area contributed by atoms with E-state index in [1.807, 2.05) is 23.6 Å². The van der Waals surface area contributed by atoms with Gasteiger partial charge < -0.3 is 5.32 Å².